The van der Waals surface area contributed by atoms with Crippen molar-refractivity contribution >= 4 is 15.8 Å². The fraction of sp³-hybridized carbons (Fsp3) is 0.909. The van der Waals surface area contributed by atoms with Gasteiger partial charge in [0.25, 0.3) is 0 Å². The predicted octanol–water partition coefficient (Wildman–Crippen LogP) is 0.368. The molecule has 1 aliphatic heterocycles. The molecule has 1 heterocycles. The topological polar surface area (TPSA) is 66.5 Å². The third kappa shape index (κ3) is 4.04. The number of Topliss-reactive ketones (excluding diaryl/α,β-unsaturated/α-hetero) is 1. The Morgan fingerprint density at radius 3 is 2.65 bits per heavy atom. The van der Waals surface area contributed by atoms with Crippen molar-refractivity contribution in [1.29, 1.82) is 0 Å². The van der Waals surface area contributed by atoms with E-state index in [4.69, 9.17) is 0 Å². The van der Waals surface area contributed by atoms with E-state index in [1.165, 1.54) is 11.2 Å². The lowest BCUT2D eigenvalue weighted by Crippen LogP contribution is -2.43. The van der Waals surface area contributed by atoms with Gasteiger partial charge in [-0.3, -0.25) is 4.79 Å². The normalized spacial score (nSPS) is 22.2. The predicted molar refractivity (Wildman–Crippen MR) is 67.3 cm³/mol. The van der Waals surface area contributed by atoms with Crippen LogP contribution in [0.1, 0.15) is 33.6 Å². The standard InChI is InChI=1S/C11H22N2O3S/c1-9(2)12-6-8-17(15,16)13-7-4-5-11(13)10(3)14/h9,11-12H,4-8H2,1-3H3. The molecule has 1 unspecified atom stereocenters. The molecule has 0 amide bonds. The number of hydrogen-bond donors (Lipinski definition) is 1. The van der Waals surface area contributed by atoms with Crippen LogP contribution in [0.15, 0.2) is 0 Å². The van der Waals surface area contributed by atoms with Crippen molar-refractivity contribution in [2.24, 2.45) is 0 Å². The summed E-state index contributed by atoms with van der Waals surface area (Å²) in [6.07, 6.45) is 1.44. The average Bonchev–Trinajstić information content (AvgIpc) is 2.65. The minimum Gasteiger partial charge on any atom is -0.313 e. The van der Waals surface area contributed by atoms with Crippen molar-refractivity contribution in [2.45, 2.75) is 45.7 Å². The number of nitrogens with zero attached hydrogens (tertiary/aromatic N) is 1. The highest BCUT2D eigenvalue weighted by Crippen LogP contribution is 2.21. The lowest BCUT2D eigenvalue weighted by molar-refractivity contribution is -0.119. The van der Waals surface area contributed by atoms with Gasteiger partial charge in [0.15, 0.2) is 0 Å². The summed E-state index contributed by atoms with van der Waals surface area (Å²) in [5.74, 6) is 0.0116. The Hall–Kier alpha value is -0.460. The van der Waals surface area contributed by atoms with Crippen molar-refractivity contribution in [3.63, 3.8) is 0 Å². The smallest absolute Gasteiger partial charge is 0.216 e. The molecule has 100 valence electrons. The molecule has 0 aromatic rings. The van der Waals surface area contributed by atoms with Crippen LogP contribution >= 0.6 is 0 Å². The zero-order valence-corrected chi connectivity index (χ0v) is 11.6. The van der Waals surface area contributed by atoms with Gasteiger partial charge in [-0.25, -0.2) is 8.42 Å². The molecule has 6 heteroatoms. The molecule has 1 aliphatic rings. The van der Waals surface area contributed by atoms with Gasteiger partial charge >= 0.3 is 0 Å². The van der Waals surface area contributed by atoms with Crippen LogP contribution < -0.4 is 5.32 Å². The lowest BCUT2D eigenvalue weighted by Gasteiger charge is -2.22. The SMILES string of the molecule is CC(=O)C1CCCN1S(=O)(=O)CCNC(C)C. The van der Waals surface area contributed by atoms with Gasteiger partial charge < -0.3 is 5.32 Å². The lowest BCUT2D eigenvalue weighted by atomic mass is 10.2. The number of hydrogen-bond acceptors (Lipinski definition) is 4. The third-order valence-electron chi connectivity index (χ3n) is 2.94. The van der Waals surface area contributed by atoms with E-state index >= 15 is 0 Å². The molecular weight excluding hydrogens is 240 g/mol. The maximum atomic E-state index is 12.1. The molecule has 1 N–H and O–H groups in total. The van der Waals surface area contributed by atoms with E-state index in [2.05, 4.69) is 5.32 Å². The van der Waals surface area contributed by atoms with Crippen molar-refractivity contribution in [1.82, 2.24) is 9.62 Å². The van der Waals surface area contributed by atoms with Gasteiger partial charge in [0.2, 0.25) is 10.0 Å². The average molecular weight is 262 g/mol. The number of sulfonamides is 1. The summed E-state index contributed by atoms with van der Waals surface area (Å²) in [4.78, 5) is 11.4. The van der Waals surface area contributed by atoms with Gasteiger partial charge in [0.1, 0.15) is 5.78 Å². The molecule has 0 saturated carbocycles. The van der Waals surface area contributed by atoms with Crippen LogP contribution in [0.5, 0.6) is 0 Å². The van der Waals surface area contributed by atoms with Gasteiger partial charge in [0, 0.05) is 19.1 Å². The van der Waals surface area contributed by atoms with Gasteiger partial charge in [-0.2, -0.15) is 4.31 Å². The van der Waals surface area contributed by atoms with E-state index in [-0.39, 0.29) is 17.6 Å². The van der Waals surface area contributed by atoms with Crippen LogP contribution in [0.2, 0.25) is 0 Å². The quantitative estimate of drug-likeness (QED) is 0.751. The number of nitrogens with one attached hydrogen (secondary N) is 1. The maximum absolute atomic E-state index is 12.1. The first-order valence-corrected chi connectivity index (χ1v) is 7.69. The van der Waals surface area contributed by atoms with Crippen LogP contribution in [-0.4, -0.2) is 49.4 Å². The minimum atomic E-state index is -3.30. The number of rotatable bonds is 6. The summed E-state index contributed by atoms with van der Waals surface area (Å²) < 4.78 is 25.5. The first-order valence-electron chi connectivity index (χ1n) is 6.08. The fourth-order valence-electron chi connectivity index (χ4n) is 2.07. The van der Waals surface area contributed by atoms with E-state index < -0.39 is 16.1 Å². The Kier molecular flexibility index (Phi) is 5.09. The van der Waals surface area contributed by atoms with Crippen molar-refractivity contribution in [3.05, 3.63) is 0 Å². The Morgan fingerprint density at radius 1 is 1.47 bits per heavy atom. The van der Waals surface area contributed by atoms with Crippen molar-refractivity contribution < 1.29 is 13.2 Å². The third-order valence-corrected chi connectivity index (χ3v) is 4.81. The second-order valence-corrected chi connectivity index (χ2v) is 6.85. The molecular formula is C11H22N2O3S. The molecule has 1 atom stereocenters. The molecule has 0 aromatic heterocycles. The molecule has 0 bridgehead atoms. The second kappa shape index (κ2) is 5.93. The highest BCUT2D eigenvalue weighted by molar-refractivity contribution is 7.89. The van der Waals surface area contributed by atoms with Crippen LogP contribution in [-0.2, 0) is 14.8 Å². The summed E-state index contributed by atoms with van der Waals surface area (Å²) >= 11 is 0. The highest BCUT2D eigenvalue weighted by Gasteiger charge is 2.36. The highest BCUT2D eigenvalue weighted by atomic mass is 32.2. The maximum Gasteiger partial charge on any atom is 0.216 e. The summed E-state index contributed by atoms with van der Waals surface area (Å²) in [6.45, 7) is 6.32. The molecule has 0 aromatic carbocycles. The molecule has 1 fully saturated rings. The fourth-order valence-corrected chi connectivity index (χ4v) is 3.73. The monoisotopic (exact) mass is 262 g/mol. The zero-order valence-electron chi connectivity index (χ0n) is 10.8. The Labute approximate surface area is 104 Å². The van der Waals surface area contributed by atoms with Crippen LogP contribution in [0, 0.1) is 0 Å². The van der Waals surface area contributed by atoms with Crippen LogP contribution in [0.25, 0.3) is 0 Å². The van der Waals surface area contributed by atoms with E-state index in [1.807, 2.05) is 13.8 Å². The molecule has 0 spiro atoms. The first kappa shape index (κ1) is 14.6. The summed E-state index contributed by atoms with van der Waals surface area (Å²) in [5, 5.41) is 3.08. The molecule has 17 heavy (non-hydrogen) atoms. The Morgan fingerprint density at radius 2 is 2.12 bits per heavy atom. The molecule has 1 saturated heterocycles. The van der Waals surface area contributed by atoms with E-state index in [0.29, 0.717) is 19.5 Å². The summed E-state index contributed by atoms with van der Waals surface area (Å²) in [5.41, 5.74) is 0. The second-order valence-electron chi connectivity index (χ2n) is 4.80. The van der Waals surface area contributed by atoms with E-state index in [0.717, 1.165) is 6.42 Å². The molecule has 0 aliphatic carbocycles. The van der Waals surface area contributed by atoms with E-state index in [9.17, 15) is 13.2 Å². The summed E-state index contributed by atoms with van der Waals surface area (Å²) in [7, 11) is -3.30. The largest absolute Gasteiger partial charge is 0.313 e. The Bertz CT molecular complexity index is 365. The molecule has 5 nitrogen and oxygen atoms in total. The van der Waals surface area contributed by atoms with Gasteiger partial charge in [-0.15, -0.1) is 0 Å². The summed E-state index contributed by atoms with van der Waals surface area (Å²) in [6, 6.07) is -0.161. The van der Waals surface area contributed by atoms with Gasteiger partial charge in [-0.1, -0.05) is 13.8 Å². The zero-order chi connectivity index (χ0) is 13.1. The molecule has 1 rings (SSSR count). The Balaban J connectivity index is 2.60. The number of carbonyl (C=O) groups excluding carboxylic acids is 1. The van der Waals surface area contributed by atoms with Crippen molar-refractivity contribution in [2.75, 3.05) is 18.8 Å². The number of ketones is 1. The van der Waals surface area contributed by atoms with Crippen LogP contribution in [0.3, 0.4) is 0 Å². The van der Waals surface area contributed by atoms with Gasteiger partial charge in [0.05, 0.1) is 11.8 Å². The molecule has 0 radical (unpaired) electrons. The van der Waals surface area contributed by atoms with Crippen molar-refractivity contribution in [3.8, 4) is 0 Å². The van der Waals surface area contributed by atoms with E-state index in [1.54, 1.807) is 0 Å². The van der Waals surface area contributed by atoms with Gasteiger partial charge in [-0.05, 0) is 19.8 Å². The minimum absolute atomic E-state index is 0.0529. The number of carbonyl (C=O) groups is 1. The first-order chi connectivity index (χ1) is 7.84. The van der Waals surface area contributed by atoms with Crippen LogP contribution in [0.4, 0.5) is 0 Å².